The SMILES string of the molecule is CC(C)c1cc(CN2Cc3ccccc3S2(=O)=O)nn1-c1c(Cl)cccc1Cl. The summed E-state index contributed by atoms with van der Waals surface area (Å²) < 4.78 is 28.9. The summed E-state index contributed by atoms with van der Waals surface area (Å²) in [5, 5.41) is 5.64. The molecule has 5 nitrogen and oxygen atoms in total. The number of hydrogen-bond acceptors (Lipinski definition) is 3. The van der Waals surface area contributed by atoms with Gasteiger partial charge >= 0.3 is 0 Å². The third-order valence-corrected chi connectivity index (χ3v) is 7.31. The van der Waals surface area contributed by atoms with Crippen LogP contribution >= 0.6 is 23.2 Å². The average Bonchev–Trinajstić information content (AvgIpc) is 3.15. The van der Waals surface area contributed by atoms with Gasteiger partial charge in [-0.15, -0.1) is 0 Å². The van der Waals surface area contributed by atoms with Crippen molar-refractivity contribution >= 4 is 33.2 Å². The molecule has 146 valence electrons. The lowest BCUT2D eigenvalue weighted by Crippen LogP contribution is -2.24. The molecule has 2 aromatic carbocycles. The lowest BCUT2D eigenvalue weighted by atomic mass is 10.1. The maximum absolute atomic E-state index is 12.8. The topological polar surface area (TPSA) is 55.2 Å². The van der Waals surface area contributed by atoms with Gasteiger partial charge in [-0.25, -0.2) is 13.1 Å². The van der Waals surface area contributed by atoms with Crippen LogP contribution in [-0.2, 0) is 23.1 Å². The van der Waals surface area contributed by atoms with Gasteiger partial charge < -0.3 is 0 Å². The number of fused-ring (bicyclic) bond motifs is 1. The summed E-state index contributed by atoms with van der Waals surface area (Å²) in [6, 6.07) is 14.3. The summed E-state index contributed by atoms with van der Waals surface area (Å²) in [5.74, 6) is 0.154. The molecule has 0 atom stereocenters. The maximum atomic E-state index is 12.8. The molecule has 1 aliphatic rings. The molecule has 8 heteroatoms. The van der Waals surface area contributed by atoms with E-state index in [0.717, 1.165) is 11.3 Å². The average molecular weight is 436 g/mol. The highest BCUT2D eigenvalue weighted by molar-refractivity contribution is 7.89. The molecule has 0 bridgehead atoms. The Morgan fingerprint density at radius 1 is 1.07 bits per heavy atom. The van der Waals surface area contributed by atoms with Crippen LogP contribution in [0.5, 0.6) is 0 Å². The first kappa shape index (κ1) is 19.5. The molecule has 0 fully saturated rings. The van der Waals surface area contributed by atoms with Crippen molar-refractivity contribution in [2.24, 2.45) is 0 Å². The lowest BCUT2D eigenvalue weighted by molar-refractivity contribution is 0.414. The molecule has 4 rings (SSSR count). The molecule has 0 unspecified atom stereocenters. The first-order valence-corrected chi connectivity index (χ1v) is 11.1. The molecule has 0 radical (unpaired) electrons. The number of halogens is 2. The second-order valence-corrected chi connectivity index (χ2v) is 9.80. The Hall–Kier alpha value is -1.86. The highest BCUT2D eigenvalue weighted by atomic mass is 35.5. The third kappa shape index (κ3) is 3.24. The minimum atomic E-state index is -3.52. The molecule has 1 aromatic heterocycles. The highest BCUT2D eigenvalue weighted by Gasteiger charge is 2.34. The molecule has 0 saturated heterocycles. The zero-order valence-electron chi connectivity index (χ0n) is 15.4. The largest absolute Gasteiger partial charge is 0.244 e. The summed E-state index contributed by atoms with van der Waals surface area (Å²) in [6.45, 7) is 4.62. The number of para-hydroxylation sites is 1. The minimum absolute atomic E-state index is 0.154. The van der Waals surface area contributed by atoms with Crippen molar-refractivity contribution in [2.75, 3.05) is 0 Å². The highest BCUT2D eigenvalue weighted by Crippen LogP contribution is 2.34. The predicted octanol–water partition coefficient (Wildman–Crippen LogP) is 5.01. The zero-order valence-corrected chi connectivity index (χ0v) is 17.8. The molecule has 28 heavy (non-hydrogen) atoms. The van der Waals surface area contributed by atoms with E-state index in [4.69, 9.17) is 23.2 Å². The fraction of sp³-hybridized carbons (Fsp3) is 0.250. The first-order valence-electron chi connectivity index (χ1n) is 8.90. The Balaban J connectivity index is 1.73. The van der Waals surface area contributed by atoms with Gasteiger partial charge in [0.05, 0.1) is 27.2 Å². The van der Waals surface area contributed by atoms with Crippen LogP contribution in [0.3, 0.4) is 0 Å². The fourth-order valence-electron chi connectivity index (χ4n) is 3.43. The van der Waals surface area contributed by atoms with Crippen molar-refractivity contribution in [3.63, 3.8) is 0 Å². The zero-order chi connectivity index (χ0) is 20.1. The summed E-state index contributed by atoms with van der Waals surface area (Å²) in [5.41, 5.74) is 2.98. The number of rotatable bonds is 4. The minimum Gasteiger partial charge on any atom is -0.234 e. The van der Waals surface area contributed by atoms with Crippen LogP contribution in [0.1, 0.15) is 36.7 Å². The van der Waals surface area contributed by atoms with E-state index < -0.39 is 10.0 Å². The van der Waals surface area contributed by atoms with Gasteiger partial charge in [0.25, 0.3) is 0 Å². The summed E-state index contributed by atoms with van der Waals surface area (Å²) in [4.78, 5) is 0.368. The van der Waals surface area contributed by atoms with Crippen LogP contribution in [0.25, 0.3) is 5.69 Å². The Morgan fingerprint density at radius 2 is 1.75 bits per heavy atom. The molecular weight excluding hydrogens is 417 g/mol. The van der Waals surface area contributed by atoms with E-state index in [0.29, 0.717) is 32.9 Å². The second kappa shape index (κ2) is 7.19. The van der Waals surface area contributed by atoms with Crippen LogP contribution in [0, 0.1) is 0 Å². The molecule has 1 aliphatic heterocycles. The van der Waals surface area contributed by atoms with E-state index >= 15 is 0 Å². The van der Waals surface area contributed by atoms with Gasteiger partial charge in [0.1, 0.15) is 5.69 Å². The van der Waals surface area contributed by atoms with Crippen molar-refractivity contribution in [2.45, 2.75) is 37.8 Å². The van der Waals surface area contributed by atoms with Gasteiger partial charge in [0.15, 0.2) is 0 Å². The lowest BCUT2D eigenvalue weighted by Gasteiger charge is -2.13. The van der Waals surface area contributed by atoms with Gasteiger partial charge in [-0.2, -0.15) is 9.40 Å². The molecule has 0 N–H and O–H groups in total. The standard InChI is InChI=1S/C20H19Cl2N3O2S/c1-13(2)18-10-15(23-25(18)20-16(21)7-5-8-17(20)22)12-24-11-14-6-3-4-9-19(14)28(24,26)27/h3-10,13H,11-12H2,1-2H3. The van der Waals surface area contributed by atoms with Gasteiger partial charge in [0.2, 0.25) is 10.0 Å². The maximum Gasteiger partial charge on any atom is 0.244 e. The van der Waals surface area contributed by atoms with Gasteiger partial charge in [-0.05, 0) is 35.7 Å². The quantitative estimate of drug-likeness (QED) is 0.578. The van der Waals surface area contributed by atoms with E-state index in [2.05, 4.69) is 5.10 Å². The fourth-order valence-corrected chi connectivity index (χ4v) is 5.59. The molecule has 3 aromatic rings. The summed E-state index contributed by atoms with van der Waals surface area (Å²) in [6.07, 6.45) is 0. The van der Waals surface area contributed by atoms with Crippen LogP contribution < -0.4 is 0 Å². The van der Waals surface area contributed by atoms with E-state index in [9.17, 15) is 8.42 Å². The number of hydrogen-bond donors (Lipinski definition) is 0. The number of nitrogens with zero attached hydrogens (tertiary/aromatic N) is 3. The van der Waals surface area contributed by atoms with Crippen LogP contribution in [-0.4, -0.2) is 22.5 Å². The third-order valence-electron chi connectivity index (χ3n) is 4.80. The van der Waals surface area contributed by atoms with E-state index in [-0.39, 0.29) is 12.5 Å². The van der Waals surface area contributed by atoms with Crippen LogP contribution in [0.2, 0.25) is 10.0 Å². The summed E-state index contributed by atoms with van der Waals surface area (Å²) >= 11 is 12.7. The molecule has 0 spiro atoms. The number of aromatic nitrogens is 2. The van der Waals surface area contributed by atoms with Crippen molar-refractivity contribution in [1.82, 2.24) is 14.1 Å². The normalized spacial score (nSPS) is 15.9. The van der Waals surface area contributed by atoms with Gasteiger partial charge in [-0.3, -0.25) is 0 Å². The van der Waals surface area contributed by atoms with E-state index in [1.54, 1.807) is 35.0 Å². The monoisotopic (exact) mass is 435 g/mol. The van der Waals surface area contributed by atoms with Crippen molar-refractivity contribution in [3.05, 3.63) is 75.5 Å². The van der Waals surface area contributed by atoms with Crippen LogP contribution in [0.4, 0.5) is 0 Å². The molecule has 0 saturated carbocycles. The Kier molecular flexibility index (Phi) is 5.00. The van der Waals surface area contributed by atoms with Crippen LogP contribution in [0.15, 0.2) is 53.4 Å². The van der Waals surface area contributed by atoms with Crippen molar-refractivity contribution in [1.29, 1.82) is 0 Å². The Morgan fingerprint density at radius 3 is 2.39 bits per heavy atom. The molecule has 2 heterocycles. The van der Waals surface area contributed by atoms with Gasteiger partial charge in [0, 0.05) is 12.2 Å². The van der Waals surface area contributed by atoms with E-state index in [1.165, 1.54) is 4.31 Å². The predicted molar refractivity (Wildman–Crippen MR) is 111 cm³/mol. The van der Waals surface area contributed by atoms with Gasteiger partial charge in [-0.1, -0.05) is 61.3 Å². The first-order chi connectivity index (χ1) is 13.3. The summed E-state index contributed by atoms with van der Waals surface area (Å²) in [7, 11) is -3.52. The number of benzene rings is 2. The molecule has 0 amide bonds. The Labute approximate surface area is 174 Å². The molecule has 0 aliphatic carbocycles. The second-order valence-electron chi connectivity index (χ2n) is 7.08. The smallest absolute Gasteiger partial charge is 0.234 e. The molecular formula is C20H19Cl2N3O2S. The number of sulfonamides is 1. The van der Waals surface area contributed by atoms with Crippen molar-refractivity contribution < 1.29 is 8.42 Å². The van der Waals surface area contributed by atoms with Crippen molar-refractivity contribution in [3.8, 4) is 5.69 Å². The Bertz CT molecular complexity index is 1140. The van der Waals surface area contributed by atoms with E-state index in [1.807, 2.05) is 32.0 Å².